The van der Waals surface area contributed by atoms with Gasteiger partial charge in [-0.05, 0) is 36.6 Å². The lowest BCUT2D eigenvalue weighted by Gasteiger charge is -2.32. The second-order valence-electron chi connectivity index (χ2n) is 5.52. The van der Waals surface area contributed by atoms with Crippen LogP contribution >= 0.6 is 11.6 Å². The van der Waals surface area contributed by atoms with Gasteiger partial charge < -0.3 is 5.32 Å². The Hall–Kier alpha value is -1.91. The van der Waals surface area contributed by atoms with E-state index in [1.807, 2.05) is 13.0 Å². The lowest BCUT2D eigenvalue weighted by Crippen LogP contribution is -2.44. The van der Waals surface area contributed by atoms with E-state index >= 15 is 0 Å². The van der Waals surface area contributed by atoms with E-state index in [1.165, 1.54) is 17.3 Å². The first-order chi connectivity index (χ1) is 10.6. The number of fused-ring (bicyclic) bond motifs is 1. The van der Waals surface area contributed by atoms with Gasteiger partial charge in [0.2, 0.25) is 5.91 Å². The maximum atomic E-state index is 12.4. The van der Waals surface area contributed by atoms with Crippen LogP contribution in [0.1, 0.15) is 18.1 Å². The number of carbonyl (C=O) groups excluding carboxylic acids is 1. The van der Waals surface area contributed by atoms with Crippen molar-refractivity contribution in [3.05, 3.63) is 58.7 Å². The third-order valence-corrected chi connectivity index (χ3v) is 4.29. The smallest absolute Gasteiger partial charge is 0.242 e. The molecule has 0 radical (unpaired) electrons. The number of amides is 1. The molecule has 2 aromatic rings. The van der Waals surface area contributed by atoms with Crippen LogP contribution in [0.2, 0.25) is 5.02 Å². The van der Waals surface area contributed by atoms with Crippen molar-refractivity contribution in [1.82, 2.24) is 9.88 Å². The largest absolute Gasteiger partial charge is 0.309 e. The summed E-state index contributed by atoms with van der Waals surface area (Å²) in [5, 5.41) is 3.39. The van der Waals surface area contributed by atoms with E-state index in [1.54, 1.807) is 12.1 Å². The number of carbonyl (C=O) groups is 1. The summed E-state index contributed by atoms with van der Waals surface area (Å²) in [6, 6.07) is 11.6. The van der Waals surface area contributed by atoms with Crippen LogP contribution in [0.3, 0.4) is 0 Å². The zero-order valence-electron chi connectivity index (χ0n) is 12.4. The number of nitrogens with one attached hydrogen (secondary N) is 1. The molecule has 0 saturated heterocycles. The van der Waals surface area contributed by atoms with Gasteiger partial charge in [0, 0.05) is 19.3 Å². The molecule has 2 heterocycles. The molecule has 1 aromatic heterocycles. The number of nitrogens with zero attached hydrogens (tertiary/aromatic N) is 2. The molecule has 1 aliphatic rings. The normalized spacial score (nSPS) is 15.9. The summed E-state index contributed by atoms with van der Waals surface area (Å²) in [6.45, 7) is 3.62. The molecule has 22 heavy (non-hydrogen) atoms. The molecule has 114 valence electrons. The number of halogens is 1. The number of aromatic nitrogens is 1. The van der Waals surface area contributed by atoms with Gasteiger partial charge in [0.15, 0.2) is 0 Å². The molecular weight excluding hydrogens is 298 g/mol. The first kappa shape index (κ1) is 15.0. The average Bonchev–Trinajstić information content (AvgIpc) is 2.55. The highest BCUT2D eigenvalue weighted by molar-refractivity contribution is 6.30. The predicted molar refractivity (Wildman–Crippen MR) is 87.9 cm³/mol. The lowest BCUT2D eigenvalue weighted by molar-refractivity contribution is -0.121. The summed E-state index contributed by atoms with van der Waals surface area (Å²) in [7, 11) is 0. The molecule has 1 atom stereocenters. The second-order valence-corrected chi connectivity index (χ2v) is 5.95. The summed E-state index contributed by atoms with van der Waals surface area (Å²) in [4.78, 5) is 18.7. The molecule has 0 fully saturated rings. The van der Waals surface area contributed by atoms with Gasteiger partial charge in [-0.15, -0.1) is 0 Å². The molecule has 1 N–H and O–H groups in total. The third-order valence-electron chi connectivity index (χ3n) is 4.07. The Bertz CT molecular complexity index is 672. The van der Waals surface area contributed by atoms with Gasteiger partial charge in [0.05, 0.1) is 11.1 Å². The molecule has 3 rings (SSSR count). The summed E-state index contributed by atoms with van der Waals surface area (Å²) < 4.78 is 0. The van der Waals surface area contributed by atoms with Crippen LogP contribution in [0, 0.1) is 0 Å². The summed E-state index contributed by atoms with van der Waals surface area (Å²) in [6.07, 6.45) is 2.51. The number of pyridine rings is 1. The van der Waals surface area contributed by atoms with E-state index in [2.05, 4.69) is 33.4 Å². The van der Waals surface area contributed by atoms with Crippen LogP contribution in [0.25, 0.3) is 0 Å². The van der Waals surface area contributed by atoms with Crippen molar-refractivity contribution < 1.29 is 4.79 Å². The molecule has 0 bridgehead atoms. The van der Waals surface area contributed by atoms with Crippen LogP contribution in [-0.4, -0.2) is 28.4 Å². The quantitative estimate of drug-likeness (QED) is 0.946. The van der Waals surface area contributed by atoms with Gasteiger partial charge in [-0.3, -0.25) is 9.69 Å². The van der Waals surface area contributed by atoms with E-state index in [4.69, 9.17) is 11.6 Å². The Balaban J connectivity index is 1.65. The Morgan fingerprint density at radius 2 is 2.05 bits per heavy atom. The zero-order valence-corrected chi connectivity index (χ0v) is 13.2. The second kappa shape index (κ2) is 6.46. The van der Waals surface area contributed by atoms with Crippen LogP contribution < -0.4 is 5.32 Å². The van der Waals surface area contributed by atoms with Crippen molar-refractivity contribution in [2.24, 2.45) is 0 Å². The molecule has 0 unspecified atom stereocenters. The molecule has 1 aromatic carbocycles. The molecular formula is C17H18ClN3O. The Morgan fingerprint density at radius 1 is 1.27 bits per heavy atom. The molecule has 4 nitrogen and oxygen atoms in total. The van der Waals surface area contributed by atoms with Gasteiger partial charge in [0.1, 0.15) is 5.82 Å². The number of hydrogen-bond acceptors (Lipinski definition) is 3. The average molecular weight is 316 g/mol. The number of anilines is 1. The maximum Gasteiger partial charge on any atom is 0.242 e. The van der Waals surface area contributed by atoms with Gasteiger partial charge >= 0.3 is 0 Å². The topological polar surface area (TPSA) is 45.2 Å². The monoisotopic (exact) mass is 315 g/mol. The fourth-order valence-electron chi connectivity index (χ4n) is 2.69. The zero-order chi connectivity index (χ0) is 15.5. The van der Waals surface area contributed by atoms with Crippen molar-refractivity contribution >= 4 is 23.3 Å². The van der Waals surface area contributed by atoms with E-state index < -0.39 is 0 Å². The molecule has 1 amide bonds. The molecule has 0 saturated carbocycles. The van der Waals surface area contributed by atoms with Gasteiger partial charge in [-0.1, -0.05) is 35.9 Å². The minimum Gasteiger partial charge on any atom is -0.309 e. The predicted octanol–water partition coefficient (Wildman–Crippen LogP) is 3.12. The molecule has 1 aliphatic heterocycles. The number of hydrogen-bond donors (Lipinski definition) is 1. The molecule has 0 spiro atoms. The van der Waals surface area contributed by atoms with Crippen molar-refractivity contribution in [1.29, 1.82) is 0 Å². The van der Waals surface area contributed by atoms with Crippen molar-refractivity contribution in [2.75, 3.05) is 11.9 Å². The Morgan fingerprint density at radius 3 is 2.77 bits per heavy atom. The maximum absolute atomic E-state index is 12.4. The minimum atomic E-state index is -0.203. The van der Waals surface area contributed by atoms with Crippen LogP contribution in [0.5, 0.6) is 0 Å². The minimum absolute atomic E-state index is 0.0470. The number of rotatable bonds is 3. The first-order valence-corrected chi connectivity index (χ1v) is 7.74. The van der Waals surface area contributed by atoms with Crippen molar-refractivity contribution in [2.45, 2.75) is 25.9 Å². The standard InChI is InChI=1S/C17H18ClN3O/c1-12(17(22)20-16-7-6-15(18)10-19-16)21-9-8-13-4-2-3-5-14(13)11-21/h2-7,10,12H,8-9,11H2,1H3,(H,19,20,22)/t12-/m1/s1. The lowest BCUT2D eigenvalue weighted by atomic mass is 9.99. The molecule has 5 heteroatoms. The summed E-state index contributed by atoms with van der Waals surface area (Å²) in [5.74, 6) is 0.480. The summed E-state index contributed by atoms with van der Waals surface area (Å²) in [5.41, 5.74) is 2.68. The van der Waals surface area contributed by atoms with E-state index in [-0.39, 0.29) is 11.9 Å². The summed E-state index contributed by atoms with van der Waals surface area (Å²) >= 11 is 5.80. The highest BCUT2D eigenvalue weighted by Gasteiger charge is 2.25. The highest BCUT2D eigenvalue weighted by atomic mass is 35.5. The van der Waals surface area contributed by atoms with Gasteiger partial charge in [-0.25, -0.2) is 4.98 Å². The highest BCUT2D eigenvalue weighted by Crippen LogP contribution is 2.20. The van der Waals surface area contributed by atoms with E-state index in [0.29, 0.717) is 10.8 Å². The SMILES string of the molecule is C[C@H](C(=O)Nc1ccc(Cl)cn1)N1CCc2ccccc2C1. The van der Waals surface area contributed by atoms with Crippen molar-refractivity contribution in [3.63, 3.8) is 0 Å². The first-order valence-electron chi connectivity index (χ1n) is 7.37. The Kier molecular flexibility index (Phi) is 4.41. The molecule has 0 aliphatic carbocycles. The fraction of sp³-hybridized carbons (Fsp3) is 0.294. The van der Waals surface area contributed by atoms with Crippen LogP contribution in [0.4, 0.5) is 5.82 Å². The fourth-order valence-corrected chi connectivity index (χ4v) is 2.81. The van der Waals surface area contributed by atoms with Gasteiger partial charge in [-0.2, -0.15) is 0 Å². The van der Waals surface area contributed by atoms with Crippen LogP contribution in [-0.2, 0) is 17.8 Å². The van der Waals surface area contributed by atoms with Crippen LogP contribution in [0.15, 0.2) is 42.6 Å². The van der Waals surface area contributed by atoms with E-state index in [9.17, 15) is 4.79 Å². The Labute approximate surface area is 135 Å². The third kappa shape index (κ3) is 3.29. The van der Waals surface area contributed by atoms with Gasteiger partial charge in [0.25, 0.3) is 0 Å². The van der Waals surface area contributed by atoms with Crippen molar-refractivity contribution in [3.8, 4) is 0 Å². The number of benzene rings is 1. The van der Waals surface area contributed by atoms with E-state index in [0.717, 1.165) is 19.5 Å².